The molecule has 1 aliphatic rings. The number of nitrogens with zero attached hydrogens (tertiary/aromatic N) is 1. The van der Waals surface area contributed by atoms with E-state index in [0.717, 1.165) is 25.3 Å². The van der Waals surface area contributed by atoms with Gasteiger partial charge >= 0.3 is 0 Å². The van der Waals surface area contributed by atoms with Crippen molar-refractivity contribution in [3.05, 3.63) is 102 Å². The standard InChI is InChI=1S/C25H27NO/c1-20-17-25(22-11-5-3-6-12-22,23-13-7-4-8-14-23)19-26(20)18-21-10-9-15-24(16-21)27-2/h3-16,20H,17-19H2,1-2H3. The fourth-order valence-electron chi connectivity index (χ4n) is 4.52. The molecule has 0 bridgehead atoms. The molecule has 0 aromatic heterocycles. The molecule has 0 saturated carbocycles. The van der Waals surface area contributed by atoms with E-state index in [1.165, 1.54) is 16.7 Å². The lowest BCUT2D eigenvalue weighted by Gasteiger charge is -2.31. The van der Waals surface area contributed by atoms with E-state index in [4.69, 9.17) is 4.74 Å². The highest BCUT2D eigenvalue weighted by molar-refractivity contribution is 5.42. The topological polar surface area (TPSA) is 12.5 Å². The zero-order valence-electron chi connectivity index (χ0n) is 16.1. The lowest BCUT2D eigenvalue weighted by Crippen LogP contribution is -2.32. The molecule has 3 aromatic rings. The van der Waals surface area contributed by atoms with Gasteiger partial charge in [0.1, 0.15) is 5.75 Å². The summed E-state index contributed by atoms with van der Waals surface area (Å²) in [5, 5.41) is 0. The van der Waals surface area contributed by atoms with Gasteiger partial charge in [-0.1, -0.05) is 72.8 Å². The molecule has 1 saturated heterocycles. The molecule has 1 fully saturated rings. The molecule has 4 rings (SSSR count). The van der Waals surface area contributed by atoms with Crippen LogP contribution in [0.4, 0.5) is 0 Å². The lowest BCUT2D eigenvalue weighted by molar-refractivity contribution is 0.254. The molecular formula is C25H27NO. The predicted molar refractivity (Wildman–Crippen MR) is 111 cm³/mol. The van der Waals surface area contributed by atoms with Gasteiger partial charge in [-0.15, -0.1) is 0 Å². The van der Waals surface area contributed by atoms with E-state index in [2.05, 4.69) is 90.7 Å². The molecule has 1 heterocycles. The van der Waals surface area contributed by atoms with E-state index in [1.54, 1.807) is 7.11 Å². The molecule has 2 nitrogen and oxygen atoms in total. The summed E-state index contributed by atoms with van der Waals surface area (Å²) >= 11 is 0. The summed E-state index contributed by atoms with van der Waals surface area (Å²) in [6.07, 6.45) is 1.13. The maximum atomic E-state index is 5.41. The fourth-order valence-corrected chi connectivity index (χ4v) is 4.52. The van der Waals surface area contributed by atoms with Crippen molar-refractivity contribution in [1.82, 2.24) is 4.90 Å². The van der Waals surface area contributed by atoms with Crippen LogP contribution in [0.3, 0.4) is 0 Å². The van der Waals surface area contributed by atoms with E-state index in [1.807, 2.05) is 6.07 Å². The Hall–Kier alpha value is -2.58. The van der Waals surface area contributed by atoms with Crippen molar-refractivity contribution in [2.45, 2.75) is 31.3 Å². The molecule has 1 aliphatic heterocycles. The first-order chi connectivity index (χ1) is 13.2. The average molecular weight is 357 g/mol. The number of hydrogen-bond acceptors (Lipinski definition) is 2. The van der Waals surface area contributed by atoms with E-state index in [9.17, 15) is 0 Å². The Balaban J connectivity index is 1.68. The first-order valence-corrected chi connectivity index (χ1v) is 9.69. The summed E-state index contributed by atoms with van der Waals surface area (Å²) in [6.45, 7) is 4.33. The van der Waals surface area contributed by atoms with Crippen LogP contribution in [-0.4, -0.2) is 24.6 Å². The maximum Gasteiger partial charge on any atom is 0.119 e. The van der Waals surface area contributed by atoms with Crippen LogP contribution in [-0.2, 0) is 12.0 Å². The van der Waals surface area contributed by atoms with E-state index >= 15 is 0 Å². The van der Waals surface area contributed by atoms with Crippen molar-refractivity contribution < 1.29 is 4.74 Å². The SMILES string of the molecule is COc1cccc(CN2CC(c3ccccc3)(c3ccccc3)CC2C)c1. The van der Waals surface area contributed by atoms with Gasteiger partial charge in [0.25, 0.3) is 0 Å². The first-order valence-electron chi connectivity index (χ1n) is 9.69. The maximum absolute atomic E-state index is 5.41. The van der Waals surface area contributed by atoms with Crippen LogP contribution in [0.15, 0.2) is 84.9 Å². The van der Waals surface area contributed by atoms with Gasteiger partial charge in [0.15, 0.2) is 0 Å². The third-order valence-electron chi connectivity index (χ3n) is 5.91. The van der Waals surface area contributed by atoms with Crippen molar-refractivity contribution in [3.8, 4) is 5.75 Å². The smallest absolute Gasteiger partial charge is 0.119 e. The number of ether oxygens (including phenoxy) is 1. The highest BCUT2D eigenvalue weighted by Gasteiger charge is 2.44. The second-order valence-electron chi connectivity index (χ2n) is 7.62. The van der Waals surface area contributed by atoms with Crippen molar-refractivity contribution in [1.29, 1.82) is 0 Å². The Bertz CT molecular complexity index is 836. The Kier molecular flexibility index (Phi) is 5.00. The first kappa shape index (κ1) is 17.8. The van der Waals surface area contributed by atoms with E-state index < -0.39 is 0 Å². The fraction of sp³-hybridized carbons (Fsp3) is 0.280. The van der Waals surface area contributed by atoms with Gasteiger partial charge in [-0.05, 0) is 42.2 Å². The number of likely N-dealkylation sites (tertiary alicyclic amines) is 1. The van der Waals surface area contributed by atoms with Crippen molar-refractivity contribution in [2.24, 2.45) is 0 Å². The highest BCUT2D eigenvalue weighted by atomic mass is 16.5. The van der Waals surface area contributed by atoms with Gasteiger partial charge in [0.05, 0.1) is 7.11 Å². The Morgan fingerprint density at radius 1 is 0.889 bits per heavy atom. The molecule has 1 atom stereocenters. The molecule has 0 radical (unpaired) electrons. The van der Waals surface area contributed by atoms with Gasteiger partial charge < -0.3 is 4.74 Å². The zero-order valence-corrected chi connectivity index (χ0v) is 16.1. The Morgan fingerprint density at radius 3 is 2.11 bits per heavy atom. The third-order valence-corrected chi connectivity index (χ3v) is 5.91. The van der Waals surface area contributed by atoms with Crippen LogP contribution in [0.5, 0.6) is 5.75 Å². The molecule has 27 heavy (non-hydrogen) atoms. The molecular weight excluding hydrogens is 330 g/mol. The van der Waals surface area contributed by atoms with Gasteiger partial charge in [-0.3, -0.25) is 4.90 Å². The molecule has 0 amide bonds. The summed E-state index contributed by atoms with van der Waals surface area (Å²) in [6, 6.07) is 31.0. The number of hydrogen-bond donors (Lipinski definition) is 0. The minimum atomic E-state index is 0.0425. The number of benzene rings is 3. The average Bonchev–Trinajstić information content (AvgIpc) is 3.07. The van der Waals surface area contributed by atoms with E-state index in [-0.39, 0.29) is 5.41 Å². The summed E-state index contributed by atoms with van der Waals surface area (Å²) in [5.41, 5.74) is 4.17. The molecule has 2 heteroatoms. The predicted octanol–water partition coefficient (Wildman–Crippen LogP) is 5.28. The summed E-state index contributed by atoms with van der Waals surface area (Å²) in [4.78, 5) is 2.61. The second kappa shape index (κ2) is 7.58. The van der Waals surface area contributed by atoms with Crippen LogP contribution in [0.2, 0.25) is 0 Å². The van der Waals surface area contributed by atoms with Gasteiger partial charge in [-0.25, -0.2) is 0 Å². The lowest BCUT2D eigenvalue weighted by atomic mass is 9.73. The van der Waals surface area contributed by atoms with E-state index in [0.29, 0.717) is 6.04 Å². The summed E-state index contributed by atoms with van der Waals surface area (Å²) in [7, 11) is 1.73. The molecule has 3 aromatic carbocycles. The van der Waals surface area contributed by atoms with Gasteiger partial charge in [0, 0.05) is 24.5 Å². The minimum absolute atomic E-state index is 0.0425. The van der Waals surface area contributed by atoms with Gasteiger partial charge in [0.2, 0.25) is 0 Å². The van der Waals surface area contributed by atoms with Gasteiger partial charge in [-0.2, -0.15) is 0 Å². The van der Waals surface area contributed by atoms with Crippen LogP contribution < -0.4 is 4.74 Å². The minimum Gasteiger partial charge on any atom is -0.497 e. The number of rotatable bonds is 5. The Labute approximate surface area is 162 Å². The zero-order chi connectivity index (χ0) is 18.7. The molecule has 138 valence electrons. The molecule has 0 N–H and O–H groups in total. The highest BCUT2D eigenvalue weighted by Crippen LogP contribution is 2.44. The summed E-state index contributed by atoms with van der Waals surface area (Å²) < 4.78 is 5.41. The molecule has 0 aliphatic carbocycles. The summed E-state index contributed by atoms with van der Waals surface area (Å²) in [5.74, 6) is 0.928. The number of methoxy groups -OCH3 is 1. The quantitative estimate of drug-likeness (QED) is 0.616. The third kappa shape index (κ3) is 3.50. The molecule has 1 unspecified atom stereocenters. The Morgan fingerprint density at radius 2 is 1.52 bits per heavy atom. The monoisotopic (exact) mass is 357 g/mol. The second-order valence-corrected chi connectivity index (χ2v) is 7.62. The van der Waals surface area contributed by atoms with Crippen molar-refractivity contribution in [3.63, 3.8) is 0 Å². The molecule has 0 spiro atoms. The van der Waals surface area contributed by atoms with Crippen LogP contribution in [0, 0.1) is 0 Å². The van der Waals surface area contributed by atoms with Crippen molar-refractivity contribution >= 4 is 0 Å². The van der Waals surface area contributed by atoms with Crippen molar-refractivity contribution in [2.75, 3.05) is 13.7 Å². The van der Waals surface area contributed by atoms with Crippen LogP contribution >= 0.6 is 0 Å². The largest absolute Gasteiger partial charge is 0.497 e. The van der Waals surface area contributed by atoms with Crippen LogP contribution in [0.1, 0.15) is 30.0 Å². The van der Waals surface area contributed by atoms with Crippen LogP contribution in [0.25, 0.3) is 0 Å². The normalized spacial score (nSPS) is 19.1.